The van der Waals surface area contributed by atoms with Crippen molar-refractivity contribution in [2.24, 2.45) is 0 Å². The monoisotopic (exact) mass is 206 g/mol. The maximum Gasteiger partial charge on any atom is 0.0109 e. The molecule has 0 heterocycles. The highest BCUT2D eigenvalue weighted by Gasteiger charge is 2.34. The molecule has 0 spiro atoms. The SMILES string of the molecule is CCC1(C)CCc2cccc(SC)c21. The predicted molar refractivity (Wildman–Crippen MR) is 64.2 cm³/mol. The molecule has 0 bridgehead atoms. The van der Waals surface area contributed by atoms with Gasteiger partial charge in [0.1, 0.15) is 0 Å². The van der Waals surface area contributed by atoms with Crippen LogP contribution in [0.2, 0.25) is 0 Å². The van der Waals surface area contributed by atoms with E-state index in [0.717, 1.165) is 0 Å². The summed E-state index contributed by atoms with van der Waals surface area (Å²) in [5.74, 6) is 0. The van der Waals surface area contributed by atoms with E-state index in [1.807, 2.05) is 11.8 Å². The number of benzene rings is 1. The van der Waals surface area contributed by atoms with Gasteiger partial charge in [-0.05, 0) is 48.1 Å². The quantitative estimate of drug-likeness (QED) is 0.659. The number of hydrogen-bond donors (Lipinski definition) is 0. The summed E-state index contributed by atoms with van der Waals surface area (Å²) < 4.78 is 0. The molecule has 0 radical (unpaired) electrons. The molecule has 0 nitrogen and oxygen atoms in total. The summed E-state index contributed by atoms with van der Waals surface area (Å²) in [5.41, 5.74) is 3.66. The Hall–Kier alpha value is -0.430. The van der Waals surface area contributed by atoms with Crippen molar-refractivity contribution in [1.29, 1.82) is 0 Å². The Balaban J connectivity index is 2.56. The van der Waals surface area contributed by atoms with Gasteiger partial charge in [-0.3, -0.25) is 0 Å². The Bertz CT molecular complexity index is 343. The van der Waals surface area contributed by atoms with E-state index in [1.165, 1.54) is 24.2 Å². The van der Waals surface area contributed by atoms with Gasteiger partial charge in [-0.25, -0.2) is 0 Å². The second-order valence-corrected chi connectivity index (χ2v) is 5.26. The van der Waals surface area contributed by atoms with Crippen LogP contribution in [0.3, 0.4) is 0 Å². The lowest BCUT2D eigenvalue weighted by Gasteiger charge is -2.25. The van der Waals surface area contributed by atoms with Crippen LogP contribution in [-0.2, 0) is 11.8 Å². The van der Waals surface area contributed by atoms with Crippen LogP contribution in [0.4, 0.5) is 0 Å². The number of hydrogen-bond acceptors (Lipinski definition) is 1. The van der Waals surface area contributed by atoms with Crippen LogP contribution in [0.15, 0.2) is 23.1 Å². The first-order valence-electron chi connectivity index (χ1n) is 5.37. The van der Waals surface area contributed by atoms with Crippen LogP contribution in [0.1, 0.15) is 37.8 Å². The Morgan fingerprint density at radius 1 is 1.43 bits per heavy atom. The highest BCUT2D eigenvalue weighted by molar-refractivity contribution is 7.98. The minimum atomic E-state index is 0.439. The molecule has 0 fully saturated rings. The van der Waals surface area contributed by atoms with Crippen molar-refractivity contribution in [3.05, 3.63) is 29.3 Å². The largest absolute Gasteiger partial charge is 0.129 e. The molecule has 2 rings (SSSR count). The summed E-state index contributed by atoms with van der Waals surface area (Å²) in [7, 11) is 0. The lowest BCUT2D eigenvalue weighted by atomic mass is 9.82. The van der Waals surface area contributed by atoms with Gasteiger partial charge in [0, 0.05) is 4.90 Å². The smallest absolute Gasteiger partial charge is 0.0109 e. The van der Waals surface area contributed by atoms with Crippen LogP contribution < -0.4 is 0 Å². The topological polar surface area (TPSA) is 0 Å². The third-order valence-corrected chi connectivity index (χ3v) is 4.44. The zero-order valence-electron chi connectivity index (χ0n) is 9.26. The molecule has 0 saturated carbocycles. The maximum atomic E-state index is 2.42. The van der Waals surface area contributed by atoms with Gasteiger partial charge < -0.3 is 0 Å². The van der Waals surface area contributed by atoms with Crippen LogP contribution in [0.25, 0.3) is 0 Å². The third-order valence-electron chi connectivity index (χ3n) is 3.66. The molecule has 1 atom stereocenters. The molecule has 0 aliphatic heterocycles. The fourth-order valence-corrected chi connectivity index (χ4v) is 3.33. The first kappa shape index (κ1) is 10.1. The Morgan fingerprint density at radius 3 is 2.86 bits per heavy atom. The molecule has 1 unspecified atom stereocenters. The van der Waals surface area contributed by atoms with Crippen LogP contribution >= 0.6 is 11.8 Å². The first-order chi connectivity index (χ1) is 6.71. The van der Waals surface area contributed by atoms with Crippen molar-refractivity contribution >= 4 is 11.8 Å². The van der Waals surface area contributed by atoms with Crippen molar-refractivity contribution in [2.75, 3.05) is 6.26 Å². The van der Waals surface area contributed by atoms with E-state index in [9.17, 15) is 0 Å². The minimum Gasteiger partial charge on any atom is -0.129 e. The second kappa shape index (κ2) is 3.62. The van der Waals surface area contributed by atoms with Crippen molar-refractivity contribution in [3.63, 3.8) is 0 Å². The summed E-state index contributed by atoms with van der Waals surface area (Å²) >= 11 is 1.89. The van der Waals surface area contributed by atoms with E-state index >= 15 is 0 Å². The van der Waals surface area contributed by atoms with Crippen LogP contribution in [0, 0.1) is 0 Å². The first-order valence-corrected chi connectivity index (χ1v) is 6.60. The molecule has 1 aliphatic carbocycles. The van der Waals surface area contributed by atoms with Gasteiger partial charge in [-0.15, -0.1) is 11.8 Å². The van der Waals surface area contributed by atoms with Crippen molar-refractivity contribution in [3.8, 4) is 0 Å². The summed E-state index contributed by atoms with van der Waals surface area (Å²) in [6, 6.07) is 6.77. The molecular weight excluding hydrogens is 188 g/mol. The number of thioether (sulfide) groups is 1. The summed E-state index contributed by atoms with van der Waals surface area (Å²) in [6.07, 6.45) is 6.05. The number of rotatable bonds is 2. The average molecular weight is 206 g/mol. The van der Waals surface area contributed by atoms with Gasteiger partial charge in [0.25, 0.3) is 0 Å². The second-order valence-electron chi connectivity index (χ2n) is 4.41. The predicted octanol–water partition coefficient (Wildman–Crippen LogP) is 4.02. The molecule has 0 amide bonds. The molecule has 1 heteroatoms. The summed E-state index contributed by atoms with van der Waals surface area (Å²) in [6.45, 7) is 4.73. The fraction of sp³-hybridized carbons (Fsp3) is 0.538. The zero-order valence-corrected chi connectivity index (χ0v) is 10.1. The van der Waals surface area contributed by atoms with Gasteiger partial charge >= 0.3 is 0 Å². The van der Waals surface area contributed by atoms with Gasteiger partial charge in [-0.1, -0.05) is 26.0 Å². The molecule has 1 aromatic rings. The van der Waals surface area contributed by atoms with Crippen LogP contribution in [0.5, 0.6) is 0 Å². The maximum absolute atomic E-state index is 2.42. The normalized spacial score (nSPS) is 25.1. The van der Waals surface area contributed by atoms with E-state index in [-0.39, 0.29) is 0 Å². The van der Waals surface area contributed by atoms with E-state index in [1.54, 1.807) is 11.1 Å². The molecule has 76 valence electrons. The summed E-state index contributed by atoms with van der Waals surface area (Å²) in [5, 5.41) is 0. The Morgan fingerprint density at radius 2 is 2.21 bits per heavy atom. The standard InChI is InChI=1S/C13H18S/c1-4-13(2)9-8-10-6-5-7-11(14-3)12(10)13/h5-7H,4,8-9H2,1-3H3. The highest BCUT2D eigenvalue weighted by Crippen LogP contribution is 2.45. The molecule has 14 heavy (non-hydrogen) atoms. The lowest BCUT2D eigenvalue weighted by Crippen LogP contribution is -2.17. The fourth-order valence-electron chi connectivity index (χ4n) is 2.53. The van der Waals surface area contributed by atoms with E-state index in [2.05, 4.69) is 38.3 Å². The highest BCUT2D eigenvalue weighted by atomic mass is 32.2. The van der Waals surface area contributed by atoms with Crippen molar-refractivity contribution in [1.82, 2.24) is 0 Å². The number of aryl methyl sites for hydroxylation is 1. The Labute approximate surface area is 91.1 Å². The Kier molecular flexibility index (Phi) is 2.61. The van der Waals surface area contributed by atoms with E-state index < -0.39 is 0 Å². The van der Waals surface area contributed by atoms with Crippen LogP contribution in [-0.4, -0.2) is 6.26 Å². The summed E-state index contributed by atoms with van der Waals surface area (Å²) in [4.78, 5) is 1.49. The van der Waals surface area contributed by atoms with Crippen molar-refractivity contribution < 1.29 is 0 Å². The molecule has 0 N–H and O–H groups in total. The van der Waals surface area contributed by atoms with Gasteiger partial charge in [0.05, 0.1) is 0 Å². The van der Waals surface area contributed by atoms with E-state index in [4.69, 9.17) is 0 Å². The third kappa shape index (κ3) is 1.38. The average Bonchev–Trinajstić information content (AvgIpc) is 2.58. The number of fused-ring (bicyclic) bond motifs is 1. The van der Waals surface area contributed by atoms with Gasteiger partial charge in [-0.2, -0.15) is 0 Å². The molecular formula is C13H18S. The molecule has 0 saturated heterocycles. The lowest BCUT2D eigenvalue weighted by molar-refractivity contribution is 0.447. The van der Waals surface area contributed by atoms with Gasteiger partial charge in [0.15, 0.2) is 0 Å². The minimum absolute atomic E-state index is 0.439. The molecule has 0 aromatic heterocycles. The van der Waals surface area contributed by atoms with Crippen molar-refractivity contribution in [2.45, 2.75) is 43.4 Å². The zero-order chi connectivity index (χ0) is 10.2. The molecule has 1 aromatic carbocycles. The molecule has 1 aliphatic rings. The van der Waals surface area contributed by atoms with E-state index in [0.29, 0.717) is 5.41 Å². The van der Waals surface area contributed by atoms with Gasteiger partial charge in [0.2, 0.25) is 0 Å².